The molecular weight excluding hydrogens is 398 g/mol. The molecule has 6 nitrogen and oxygen atoms in total. The lowest BCUT2D eigenvalue weighted by atomic mass is 10.1. The molecule has 0 radical (unpaired) electrons. The van der Waals surface area contributed by atoms with Crippen LogP contribution in [0.15, 0.2) is 72.4 Å². The Morgan fingerprint density at radius 3 is 2.77 bits per heavy atom. The number of hydrogen-bond acceptors (Lipinski definition) is 6. The molecule has 4 rings (SSSR count). The maximum Gasteiger partial charge on any atom is 0.312 e. The maximum atomic E-state index is 12.5. The van der Waals surface area contributed by atoms with E-state index in [2.05, 4.69) is 15.3 Å². The lowest BCUT2D eigenvalue weighted by molar-refractivity contribution is -0.152. The summed E-state index contributed by atoms with van der Waals surface area (Å²) in [7, 11) is 0. The van der Waals surface area contributed by atoms with E-state index in [0.717, 1.165) is 21.3 Å². The first-order valence-electron chi connectivity index (χ1n) is 9.43. The molecule has 0 fully saturated rings. The molecule has 0 unspecified atom stereocenters. The molecule has 0 spiro atoms. The number of pyridine rings is 1. The quantitative estimate of drug-likeness (QED) is 0.468. The van der Waals surface area contributed by atoms with E-state index in [1.807, 2.05) is 60.0 Å². The van der Waals surface area contributed by atoms with Gasteiger partial charge in [-0.25, -0.2) is 4.98 Å². The van der Waals surface area contributed by atoms with Crippen LogP contribution in [-0.2, 0) is 20.7 Å². The van der Waals surface area contributed by atoms with Crippen molar-refractivity contribution in [2.24, 2.45) is 0 Å². The molecule has 2 aromatic carbocycles. The summed E-state index contributed by atoms with van der Waals surface area (Å²) in [5.41, 5.74) is 2.18. The minimum Gasteiger partial charge on any atom is -0.452 e. The minimum atomic E-state index is -0.923. The molecule has 7 heteroatoms. The second-order valence-electron chi connectivity index (χ2n) is 6.71. The van der Waals surface area contributed by atoms with Gasteiger partial charge in [0, 0.05) is 34.4 Å². The summed E-state index contributed by atoms with van der Waals surface area (Å²) < 4.78 is 5.32. The van der Waals surface area contributed by atoms with Crippen molar-refractivity contribution in [3.63, 3.8) is 0 Å². The third-order valence-corrected chi connectivity index (χ3v) is 5.45. The van der Waals surface area contributed by atoms with Crippen LogP contribution in [0.5, 0.6) is 0 Å². The van der Waals surface area contributed by atoms with Crippen LogP contribution in [0.25, 0.3) is 21.3 Å². The topological polar surface area (TPSA) is 81.2 Å². The normalized spacial score (nSPS) is 11.8. The number of ether oxygens (including phenoxy) is 1. The lowest BCUT2D eigenvalue weighted by Crippen LogP contribution is -2.30. The molecule has 0 aliphatic carbocycles. The van der Waals surface area contributed by atoms with Gasteiger partial charge in [0.25, 0.3) is 5.91 Å². The van der Waals surface area contributed by atoms with E-state index in [1.54, 1.807) is 19.3 Å². The molecule has 30 heavy (non-hydrogen) atoms. The Bertz CT molecular complexity index is 1190. The first-order chi connectivity index (χ1) is 14.6. The zero-order chi connectivity index (χ0) is 20.9. The van der Waals surface area contributed by atoms with Gasteiger partial charge in [-0.15, -0.1) is 11.3 Å². The van der Waals surface area contributed by atoms with Gasteiger partial charge in [-0.2, -0.15) is 0 Å². The van der Waals surface area contributed by atoms with Gasteiger partial charge < -0.3 is 10.1 Å². The fraction of sp³-hybridized carbons (Fsp3) is 0.130. The number of thiazole rings is 1. The van der Waals surface area contributed by atoms with E-state index < -0.39 is 12.1 Å². The van der Waals surface area contributed by atoms with E-state index >= 15 is 0 Å². The highest BCUT2D eigenvalue weighted by atomic mass is 32.1. The fourth-order valence-electron chi connectivity index (χ4n) is 3.02. The predicted octanol–water partition coefficient (Wildman–Crippen LogP) is 4.47. The Morgan fingerprint density at radius 1 is 1.10 bits per heavy atom. The van der Waals surface area contributed by atoms with Crippen molar-refractivity contribution < 1.29 is 14.3 Å². The third-order valence-electron chi connectivity index (χ3n) is 4.51. The van der Waals surface area contributed by atoms with E-state index in [4.69, 9.17) is 4.74 Å². The van der Waals surface area contributed by atoms with E-state index in [0.29, 0.717) is 11.4 Å². The van der Waals surface area contributed by atoms with Gasteiger partial charge in [0.15, 0.2) is 6.10 Å². The number of anilines is 1. The number of nitrogens with one attached hydrogen (secondary N) is 1. The summed E-state index contributed by atoms with van der Waals surface area (Å²) in [6.45, 7) is 1.56. The average Bonchev–Trinajstić information content (AvgIpc) is 3.23. The Kier molecular flexibility index (Phi) is 5.81. The highest BCUT2D eigenvalue weighted by molar-refractivity contribution is 7.13. The van der Waals surface area contributed by atoms with Gasteiger partial charge in [-0.3, -0.25) is 14.6 Å². The molecule has 1 N–H and O–H groups in total. The van der Waals surface area contributed by atoms with Crippen LogP contribution in [0, 0.1) is 0 Å². The second-order valence-corrected chi connectivity index (χ2v) is 7.57. The van der Waals surface area contributed by atoms with E-state index in [-0.39, 0.29) is 12.3 Å². The van der Waals surface area contributed by atoms with E-state index in [9.17, 15) is 9.59 Å². The summed E-state index contributed by atoms with van der Waals surface area (Å²) in [6.07, 6.45) is 2.50. The van der Waals surface area contributed by atoms with Crippen LogP contribution in [0.1, 0.15) is 12.6 Å². The first kappa shape index (κ1) is 19.7. The van der Waals surface area contributed by atoms with Crippen molar-refractivity contribution in [2.45, 2.75) is 19.4 Å². The van der Waals surface area contributed by atoms with Gasteiger partial charge in [-0.1, -0.05) is 36.4 Å². The number of nitrogens with zero attached hydrogens (tertiary/aromatic N) is 2. The third kappa shape index (κ3) is 4.52. The SMILES string of the molecule is C[C@@H](OC(=O)Cc1csc(-c2cccnc2)n1)C(=O)Nc1cccc2ccccc12. The summed E-state index contributed by atoms with van der Waals surface area (Å²) in [6, 6.07) is 17.2. The molecular formula is C23H19N3O3S. The zero-order valence-electron chi connectivity index (χ0n) is 16.2. The number of carbonyl (C=O) groups excluding carboxylic acids is 2. The molecule has 0 aliphatic heterocycles. The van der Waals surface area contributed by atoms with Crippen molar-refractivity contribution in [3.05, 3.63) is 78.1 Å². The Balaban J connectivity index is 1.36. The van der Waals surface area contributed by atoms with Crippen molar-refractivity contribution in [2.75, 3.05) is 5.32 Å². The zero-order valence-corrected chi connectivity index (χ0v) is 17.1. The monoisotopic (exact) mass is 417 g/mol. The summed E-state index contributed by atoms with van der Waals surface area (Å²) in [5, 5.41) is 7.39. The standard InChI is InChI=1S/C23H19N3O3S/c1-15(22(28)26-20-10-4-7-16-6-2-3-9-19(16)20)29-21(27)12-18-14-30-23(25-18)17-8-5-11-24-13-17/h2-11,13-15H,12H2,1H3,(H,26,28)/t15-/m1/s1. The number of rotatable bonds is 6. The number of aromatic nitrogens is 2. The van der Waals surface area contributed by atoms with Crippen molar-refractivity contribution >= 4 is 39.7 Å². The van der Waals surface area contributed by atoms with Crippen LogP contribution in [0.2, 0.25) is 0 Å². The molecule has 150 valence electrons. The average molecular weight is 417 g/mol. The van der Waals surface area contributed by atoms with Gasteiger partial charge in [0.1, 0.15) is 5.01 Å². The van der Waals surface area contributed by atoms with E-state index in [1.165, 1.54) is 11.3 Å². The minimum absolute atomic E-state index is 0.00263. The number of carbonyl (C=O) groups is 2. The molecule has 0 saturated heterocycles. The molecule has 0 aliphatic rings. The summed E-state index contributed by atoms with van der Waals surface area (Å²) in [4.78, 5) is 33.3. The van der Waals surface area contributed by atoms with Gasteiger partial charge in [0.05, 0.1) is 12.1 Å². The molecule has 2 heterocycles. The van der Waals surface area contributed by atoms with Crippen LogP contribution in [-0.4, -0.2) is 27.9 Å². The number of amides is 1. The van der Waals surface area contributed by atoms with Gasteiger partial charge >= 0.3 is 5.97 Å². The Labute approximate surface area is 177 Å². The molecule has 2 aromatic heterocycles. The van der Waals surface area contributed by atoms with Crippen LogP contribution in [0.4, 0.5) is 5.69 Å². The smallest absolute Gasteiger partial charge is 0.312 e. The molecule has 0 bridgehead atoms. The van der Waals surface area contributed by atoms with Gasteiger partial charge in [0.2, 0.25) is 0 Å². The number of benzene rings is 2. The Hall–Kier alpha value is -3.58. The summed E-state index contributed by atoms with van der Waals surface area (Å²) >= 11 is 1.43. The highest BCUT2D eigenvalue weighted by Crippen LogP contribution is 2.24. The maximum absolute atomic E-state index is 12.5. The van der Waals surface area contributed by atoms with Gasteiger partial charge in [-0.05, 0) is 30.5 Å². The van der Waals surface area contributed by atoms with Crippen LogP contribution < -0.4 is 5.32 Å². The molecule has 0 saturated carbocycles. The number of hydrogen-bond donors (Lipinski definition) is 1. The highest BCUT2D eigenvalue weighted by Gasteiger charge is 2.19. The molecule has 4 aromatic rings. The lowest BCUT2D eigenvalue weighted by Gasteiger charge is -2.14. The second kappa shape index (κ2) is 8.84. The Morgan fingerprint density at radius 2 is 1.93 bits per heavy atom. The summed E-state index contributed by atoms with van der Waals surface area (Å²) in [5.74, 6) is -0.882. The largest absolute Gasteiger partial charge is 0.452 e. The van der Waals surface area contributed by atoms with Crippen molar-refractivity contribution in [1.82, 2.24) is 9.97 Å². The first-order valence-corrected chi connectivity index (χ1v) is 10.3. The van der Waals surface area contributed by atoms with Crippen molar-refractivity contribution in [1.29, 1.82) is 0 Å². The van der Waals surface area contributed by atoms with Crippen LogP contribution in [0.3, 0.4) is 0 Å². The number of esters is 1. The van der Waals surface area contributed by atoms with Crippen molar-refractivity contribution in [3.8, 4) is 10.6 Å². The van der Waals surface area contributed by atoms with Crippen LogP contribution >= 0.6 is 11.3 Å². The predicted molar refractivity (Wildman–Crippen MR) is 117 cm³/mol. The molecule has 1 atom stereocenters. The number of fused-ring (bicyclic) bond motifs is 1. The molecule has 1 amide bonds. The fourth-order valence-corrected chi connectivity index (χ4v) is 3.83.